The molecular formula is C10H16N2O3. The third kappa shape index (κ3) is 2.78. The molecule has 0 spiro atoms. The van der Waals surface area contributed by atoms with E-state index in [-0.39, 0.29) is 12.5 Å². The van der Waals surface area contributed by atoms with Crippen LogP contribution in [0, 0.1) is 5.92 Å². The van der Waals surface area contributed by atoms with Crippen LogP contribution in [0.3, 0.4) is 0 Å². The van der Waals surface area contributed by atoms with Gasteiger partial charge in [-0.15, -0.1) is 0 Å². The standard InChI is InChI=1S/C10H16N2O3/c1-3-5-6-12-9(13)8(7-11-12)10(14)15-4-2/h7-8H,3-6H2,1-2H3. The molecule has 5 heteroatoms. The molecule has 1 amide bonds. The summed E-state index contributed by atoms with van der Waals surface area (Å²) in [5.41, 5.74) is 0. The maximum absolute atomic E-state index is 11.6. The summed E-state index contributed by atoms with van der Waals surface area (Å²) in [6, 6.07) is 0. The highest BCUT2D eigenvalue weighted by molar-refractivity contribution is 6.13. The summed E-state index contributed by atoms with van der Waals surface area (Å²) in [6.07, 6.45) is 3.23. The van der Waals surface area contributed by atoms with Crippen molar-refractivity contribution < 1.29 is 14.3 Å². The Balaban J connectivity index is 2.49. The molecule has 0 aromatic rings. The van der Waals surface area contributed by atoms with Gasteiger partial charge >= 0.3 is 5.97 Å². The van der Waals surface area contributed by atoms with E-state index in [1.807, 2.05) is 6.92 Å². The van der Waals surface area contributed by atoms with Crippen LogP contribution in [0.5, 0.6) is 0 Å². The fraction of sp³-hybridized carbons (Fsp3) is 0.700. The Kier molecular flexibility index (Phi) is 4.27. The minimum Gasteiger partial charge on any atom is -0.465 e. The molecule has 0 N–H and O–H groups in total. The van der Waals surface area contributed by atoms with Crippen LogP contribution >= 0.6 is 0 Å². The number of amides is 1. The molecule has 5 nitrogen and oxygen atoms in total. The molecular weight excluding hydrogens is 196 g/mol. The van der Waals surface area contributed by atoms with Crippen molar-refractivity contribution in [3.05, 3.63) is 0 Å². The van der Waals surface area contributed by atoms with E-state index in [9.17, 15) is 9.59 Å². The lowest BCUT2D eigenvalue weighted by molar-refractivity contribution is -0.150. The van der Waals surface area contributed by atoms with Crippen molar-refractivity contribution in [2.24, 2.45) is 11.0 Å². The number of rotatable bonds is 5. The lowest BCUT2D eigenvalue weighted by atomic mass is 10.1. The predicted octanol–water partition coefficient (Wildman–Crippen LogP) is 0.794. The molecule has 0 aromatic carbocycles. The second kappa shape index (κ2) is 5.48. The fourth-order valence-corrected chi connectivity index (χ4v) is 1.30. The number of hydrogen-bond acceptors (Lipinski definition) is 4. The van der Waals surface area contributed by atoms with Gasteiger partial charge in [0.05, 0.1) is 6.61 Å². The van der Waals surface area contributed by atoms with E-state index >= 15 is 0 Å². The Morgan fingerprint density at radius 3 is 2.93 bits per heavy atom. The number of nitrogens with zero attached hydrogens (tertiary/aromatic N) is 2. The monoisotopic (exact) mass is 212 g/mol. The van der Waals surface area contributed by atoms with Gasteiger partial charge in [0.1, 0.15) is 0 Å². The number of hydrazone groups is 1. The van der Waals surface area contributed by atoms with Gasteiger partial charge in [-0.3, -0.25) is 9.59 Å². The lowest BCUT2D eigenvalue weighted by Crippen LogP contribution is -2.32. The summed E-state index contributed by atoms with van der Waals surface area (Å²) in [5.74, 6) is -1.62. The maximum Gasteiger partial charge on any atom is 0.324 e. The Morgan fingerprint density at radius 1 is 1.60 bits per heavy atom. The first kappa shape index (κ1) is 11.7. The molecule has 1 unspecified atom stereocenters. The summed E-state index contributed by atoms with van der Waals surface area (Å²) in [7, 11) is 0. The van der Waals surface area contributed by atoms with Crippen LogP contribution in [0.1, 0.15) is 26.7 Å². The summed E-state index contributed by atoms with van der Waals surface area (Å²) < 4.78 is 4.77. The van der Waals surface area contributed by atoms with Crippen molar-refractivity contribution in [2.45, 2.75) is 26.7 Å². The Morgan fingerprint density at radius 2 is 2.33 bits per heavy atom. The average molecular weight is 212 g/mol. The molecule has 0 aliphatic carbocycles. The molecule has 0 saturated heterocycles. The number of hydrogen-bond donors (Lipinski definition) is 0. The molecule has 1 heterocycles. The van der Waals surface area contributed by atoms with Crippen LogP contribution in [0.2, 0.25) is 0 Å². The van der Waals surface area contributed by atoms with Gasteiger partial charge in [-0.2, -0.15) is 5.10 Å². The van der Waals surface area contributed by atoms with Gasteiger partial charge in [-0.05, 0) is 13.3 Å². The SMILES string of the molecule is CCCCN1N=CC(C(=O)OCC)C1=O. The van der Waals surface area contributed by atoms with Crippen LogP contribution in [-0.4, -0.2) is 36.3 Å². The zero-order valence-corrected chi connectivity index (χ0v) is 9.10. The van der Waals surface area contributed by atoms with Crippen LogP contribution in [0.15, 0.2) is 5.10 Å². The Hall–Kier alpha value is -1.39. The summed E-state index contributed by atoms with van der Waals surface area (Å²) in [6.45, 7) is 4.60. The van der Waals surface area contributed by atoms with Gasteiger partial charge in [0.2, 0.25) is 0 Å². The van der Waals surface area contributed by atoms with E-state index in [2.05, 4.69) is 5.10 Å². The van der Waals surface area contributed by atoms with Crippen molar-refractivity contribution in [3.8, 4) is 0 Å². The van der Waals surface area contributed by atoms with E-state index in [1.54, 1.807) is 6.92 Å². The van der Waals surface area contributed by atoms with Crippen molar-refractivity contribution in [2.75, 3.05) is 13.2 Å². The molecule has 0 bridgehead atoms. The lowest BCUT2D eigenvalue weighted by Gasteiger charge is -2.12. The van der Waals surface area contributed by atoms with Gasteiger partial charge in [0, 0.05) is 12.8 Å². The molecule has 84 valence electrons. The normalized spacial score (nSPS) is 19.7. The van der Waals surface area contributed by atoms with E-state index in [0.717, 1.165) is 12.8 Å². The topological polar surface area (TPSA) is 59.0 Å². The molecule has 1 atom stereocenters. The minimum atomic E-state index is -0.832. The van der Waals surface area contributed by atoms with Crippen molar-refractivity contribution in [1.29, 1.82) is 0 Å². The third-order valence-electron chi connectivity index (χ3n) is 2.14. The average Bonchev–Trinajstić information content (AvgIpc) is 2.57. The zero-order valence-electron chi connectivity index (χ0n) is 9.10. The highest BCUT2D eigenvalue weighted by atomic mass is 16.5. The highest BCUT2D eigenvalue weighted by Gasteiger charge is 2.34. The van der Waals surface area contributed by atoms with E-state index in [1.165, 1.54) is 11.2 Å². The van der Waals surface area contributed by atoms with Crippen LogP contribution in [0.25, 0.3) is 0 Å². The molecule has 1 aliphatic heterocycles. The van der Waals surface area contributed by atoms with Crippen LogP contribution in [0.4, 0.5) is 0 Å². The molecule has 1 rings (SSSR count). The molecule has 0 radical (unpaired) electrons. The Labute approximate surface area is 89.1 Å². The fourth-order valence-electron chi connectivity index (χ4n) is 1.30. The number of esters is 1. The van der Waals surface area contributed by atoms with Crippen LogP contribution in [-0.2, 0) is 14.3 Å². The highest BCUT2D eigenvalue weighted by Crippen LogP contribution is 2.12. The van der Waals surface area contributed by atoms with Gasteiger partial charge in [0.15, 0.2) is 5.92 Å². The first-order chi connectivity index (χ1) is 7.20. The number of ether oxygens (including phenoxy) is 1. The van der Waals surface area contributed by atoms with E-state index in [4.69, 9.17) is 4.74 Å². The molecule has 15 heavy (non-hydrogen) atoms. The molecule has 1 aliphatic rings. The summed E-state index contributed by atoms with van der Waals surface area (Å²) >= 11 is 0. The van der Waals surface area contributed by atoms with Gasteiger partial charge in [0.25, 0.3) is 5.91 Å². The van der Waals surface area contributed by atoms with Crippen LogP contribution < -0.4 is 0 Å². The second-order valence-corrected chi connectivity index (χ2v) is 3.31. The first-order valence-corrected chi connectivity index (χ1v) is 5.22. The van der Waals surface area contributed by atoms with Crippen molar-refractivity contribution in [3.63, 3.8) is 0 Å². The second-order valence-electron chi connectivity index (χ2n) is 3.31. The third-order valence-corrected chi connectivity index (χ3v) is 2.14. The summed E-state index contributed by atoms with van der Waals surface area (Å²) in [4.78, 5) is 22.9. The Bertz CT molecular complexity index is 276. The molecule has 0 aromatic heterocycles. The van der Waals surface area contributed by atoms with E-state index < -0.39 is 11.9 Å². The quantitative estimate of drug-likeness (QED) is 0.500. The summed E-state index contributed by atoms with van der Waals surface area (Å²) in [5, 5.41) is 5.24. The molecule has 0 saturated carbocycles. The van der Waals surface area contributed by atoms with E-state index in [0.29, 0.717) is 6.54 Å². The number of carbonyl (C=O) groups is 2. The van der Waals surface area contributed by atoms with Gasteiger partial charge in [-0.25, -0.2) is 5.01 Å². The molecule has 0 fully saturated rings. The predicted molar refractivity (Wildman–Crippen MR) is 55.2 cm³/mol. The zero-order chi connectivity index (χ0) is 11.3. The smallest absolute Gasteiger partial charge is 0.324 e. The minimum absolute atomic E-state index is 0.276. The van der Waals surface area contributed by atoms with Crippen molar-refractivity contribution in [1.82, 2.24) is 5.01 Å². The first-order valence-electron chi connectivity index (χ1n) is 5.22. The largest absolute Gasteiger partial charge is 0.465 e. The number of unbranched alkanes of at least 4 members (excludes halogenated alkanes) is 1. The van der Waals surface area contributed by atoms with Gasteiger partial charge < -0.3 is 4.74 Å². The van der Waals surface area contributed by atoms with Crippen molar-refractivity contribution >= 4 is 18.1 Å². The maximum atomic E-state index is 11.6. The number of carbonyl (C=O) groups excluding carboxylic acids is 2. The van der Waals surface area contributed by atoms with Gasteiger partial charge in [-0.1, -0.05) is 13.3 Å².